The molecule has 0 amide bonds. The van der Waals surface area contributed by atoms with Crippen molar-refractivity contribution in [2.45, 2.75) is 0 Å². The lowest BCUT2D eigenvalue weighted by molar-refractivity contribution is 0.0693. The lowest BCUT2D eigenvalue weighted by atomic mass is 10.5. The third-order valence-electron chi connectivity index (χ3n) is 1.92. The van der Waals surface area contributed by atoms with E-state index in [1.807, 2.05) is 0 Å². The molecule has 2 aromatic heterocycles. The van der Waals surface area contributed by atoms with Crippen molar-refractivity contribution in [3.63, 3.8) is 0 Å². The van der Waals surface area contributed by atoms with E-state index in [0.717, 1.165) is 12.3 Å². The Hall–Kier alpha value is -2.29. The van der Waals surface area contributed by atoms with Gasteiger partial charge < -0.3 is 14.9 Å². The summed E-state index contributed by atoms with van der Waals surface area (Å²) < 4.78 is 32.7. The number of carbonyl (C=O) groups excluding carboxylic acids is 1. The zero-order valence-electron chi connectivity index (χ0n) is 9.23. The molecule has 0 aliphatic rings. The number of nitrogens with two attached hydrogens (primary N) is 1. The smallest absolute Gasteiger partial charge is 0.380 e. The number of hydrogen-bond acceptors (Lipinski definition) is 7. The zero-order valence-corrected chi connectivity index (χ0v) is 10.0. The van der Waals surface area contributed by atoms with Crippen LogP contribution in [0.1, 0.15) is 10.6 Å². The molecule has 0 bridgehead atoms. The normalized spacial score (nSPS) is 11.4. The maximum absolute atomic E-state index is 11.5. The van der Waals surface area contributed by atoms with Crippen LogP contribution in [-0.2, 0) is 10.0 Å². The monoisotopic (exact) mass is 271 g/mol. The quantitative estimate of drug-likeness (QED) is 0.785. The average Bonchev–Trinajstić information content (AvgIpc) is 2.85. The summed E-state index contributed by atoms with van der Waals surface area (Å²) in [5.74, 6) is -1.19. The first-order chi connectivity index (χ1) is 8.38. The molecule has 0 spiro atoms. The van der Waals surface area contributed by atoms with Gasteiger partial charge in [-0.1, -0.05) is 0 Å². The van der Waals surface area contributed by atoms with Crippen molar-refractivity contribution in [1.82, 2.24) is 9.19 Å². The summed E-state index contributed by atoms with van der Waals surface area (Å²) in [6.45, 7) is 0. The Morgan fingerprint density at radius 1 is 1.56 bits per heavy atom. The Morgan fingerprint density at radius 3 is 2.78 bits per heavy atom. The SMILES string of the molecule is CS(=O)(=O)n1nc(OC(=O)c2ccco2)cc1N. The fraction of sp³-hybridized carbons (Fsp3) is 0.111. The average molecular weight is 271 g/mol. The molecule has 8 nitrogen and oxygen atoms in total. The summed E-state index contributed by atoms with van der Waals surface area (Å²) in [6, 6.07) is 4.04. The Labute approximate surface area is 102 Å². The van der Waals surface area contributed by atoms with Crippen molar-refractivity contribution >= 4 is 21.8 Å². The van der Waals surface area contributed by atoms with Gasteiger partial charge in [-0.25, -0.2) is 13.2 Å². The number of aromatic nitrogens is 2. The fourth-order valence-corrected chi connectivity index (χ4v) is 1.88. The van der Waals surface area contributed by atoms with E-state index in [-0.39, 0.29) is 17.5 Å². The van der Waals surface area contributed by atoms with E-state index in [9.17, 15) is 13.2 Å². The molecule has 0 fully saturated rings. The number of nitrogen functional groups attached to an aromatic ring is 1. The van der Waals surface area contributed by atoms with E-state index in [0.29, 0.717) is 4.09 Å². The standard InChI is InChI=1S/C9H9N3O5S/c1-18(14,15)12-7(10)5-8(11-12)17-9(13)6-3-2-4-16-6/h2-5H,10H2,1H3. The van der Waals surface area contributed by atoms with Gasteiger partial charge in [-0.2, -0.15) is 0 Å². The number of furan rings is 1. The van der Waals surface area contributed by atoms with Gasteiger partial charge in [0.05, 0.1) is 12.5 Å². The third-order valence-corrected chi connectivity index (χ3v) is 2.84. The number of rotatable bonds is 3. The van der Waals surface area contributed by atoms with Gasteiger partial charge in [0.15, 0.2) is 0 Å². The predicted molar refractivity (Wildman–Crippen MR) is 60.5 cm³/mol. The van der Waals surface area contributed by atoms with Gasteiger partial charge in [-0.15, -0.1) is 9.19 Å². The van der Waals surface area contributed by atoms with Crippen molar-refractivity contribution < 1.29 is 22.4 Å². The molecule has 0 saturated carbocycles. The summed E-state index contributed by atoms with van der Waals surface area (Å²) in [5.41, 5.74) is 5.43. The Balaban J connectivity index is 2.24. The van der Waals surface area contributed by atoms with Crippen molar-refractivity contribution in [3.05, 3.63) is 30.2 Å². The van der Waals surface area contributed by atoms with Gasteiger partial charge in [0.25, 0.3) is 10.0 Å². The van der Waals surface area contributed by atoms with Crippen LogP contribution in [0.2, 0.25) is 0 Å². The molecule has 2 heterocycles. The molecule has 9 heteroatoms. The number of esters is 1. The highest BCUT2D eigenvalue weighted by molar-refractivity contribution is 7.89. The highest BCUT2D eigenvalue weighted by Gasteiger charge is 2.18. The van der Waals surface area contributed by atoms with Crippen LogP contribution in [0.4, 0.5) is 5.82 Å². The number of anilines is 1. The molecular formula is C9H9N3O5S. The second kappa shape index (κ2) is 4.18. The molecule has 96 valence electrons. The maximum Gasteiger partial charge on any atom is 0.380 e. The zero-order chi connectivity index (χ0) is 13.3. The Kier molecular flexibility index (Phi) is 2.83. The lowest BCUT2D eigenvalue weighted by Crippen LogP contribution is -2.14. The molecule has 0 aromatic carbocycles. The van der Waals surface area contributed by atoms with E-state index >= 15 is 0 Å². The van der Waals surface area contributed by atoms with Gasteiger partial charge in [-0.05, 0) is 12.1 Å². The summed E-state index contributed by atoms with van der Waals surface area (Å²) in [7, 11) is -3.64. The van der Waals surface area contributed by atoms with Crippen molar-refractivity contribution in [2.24, 2.45) is 0 Å². The molecular weight excluding hydrogens is 262 g/mol. The molecule has 0 atom stereocenters. The molecule has 0 radical (unpaired) electrons. The Bertz CT molecular complexity index is 671. The van der Waals surface area contributed by atoms with Crippen molar-refractivity contribution in [3.8, 4) is 5.88 Å². The summed E-state index contributed by atoms with van der Waals surface area (Å²) in [4.78, 5) is 11.5. The summed E-state index contributed by atoms with van der Waals surface area (Å²) in [5, 5.41) is 3.55. The van der Waals surface area contributed by atoms with E-state index in [2.05, 4.69) is 5.10 Å². The first-order valence-electron chi connectivity index (χ1n) is 4.69. The number of nitrogens with zero attached hydrogens (tertiary/aromatic N) is 2. The maximum atomic E-state index is 11.5. The van der Waals surface area contributed by atoms with Crippen molar-refractivity contribution in [2.75, 3.05) is 12.0 Å². The van der Waals surface area contributed by atoms with E-state index < -0.39 is 16.0 Å². The Morgan fingerprint density at radius 2 is 2.28 bits per heavy atom. The molecule has 2 aromatic rings. The van der Waals surface area contributed by atoms with Gasteiger partial charge >= 0.3 is 5.97 Å². The van der Waals surface area contributed by atoms with Crippen LogP contribution in [0.5, 0.6) is 5.88 Å². The molecule has 0 unspecified atom stereocenters. The van der Waals surface area contributed by atoms with Gasteiger partial charge in [-0.3, -0.25) is 0 Å². The minimum atomic E-state index is -3.64. The number of hydrogen-bond donors (Lipinski definition) is 1. The second-order valence-corrected chi connectivity index (χ2v) is 5.19. The van der Waals surface area contributed by atoms with Crippen LogP contribution in [-0.4, -0.2) is 29.8 Å². The molecule has 2 N–H and O–H groups in total. The largest absolute Gasteiger partial charge is 0.457 e. The first kappa shape index (κ1) is 12.2. The minimum absolute atomic E-state index is 0.0255. The topological polar surface area (TPSA) is 117 Å². The second-order valence-electron chi connectivity index (χ2n) is 3.38. The van der Waals surface area contributed by atoms with Crippen LogP contribution in [0.15, 0.2) is 28.9 Å². The summed E-state index contributed by atoms with van der Waals surface area (Å²) in [6.07, 6.45) is 2.23. The van der Waals surface area contributed by atoms with Crippen LogP contribution in [0.3, 0.4) is 0 Å². The molecule has 0 aliphatic heterocycles. The van der Waals surface area contributed by atoms with Crippen molar-refractivity contribution in [1.29, 1.82) is 0 Å². The van der Waals surface area contributed by atoms with Gasteiger partial charge in [0.2, 0.25) is 11.6 Å². The van der Waals surface area contributed by atoms with Crippen LogP contribution < -0.4 is 10.5 Å². The molecule has 18 heavy (non-hydrogen) atoms. The van der Waals surface area contributed by atoms with Gasteiger partial charge in [0, 0.05) is 6.07 Å². The number of carbonyl (C=O) groups is 1. The third kappa shape index (κ3) is 2.35. The van der Waals surface area contributed by atoms with E-state index in [1.165, 1.54) is 18.4 Å². The van der Waals surface area contributed by atoms with Crippen LogP contribution >= 0.6 is 0 Å². The fourth-order valence-electron chi connectivity index (χ4n) is 1.21. The highest BCUT2D eigenvalue weighted by Crippen LogP contribution is 2.16. The number of ether oxygens (including phenoxy) is 1. The summed E-state index contributed by atoms with van der Waals surface area (Å²) >= 11 is 0. The van der Waals surface area contributed by atoms with Crippen LogP contribution in [0.25, 0.3) is 0 Å². The van der Waals surface area contributed by atoms with E-state index in [4.69, 9.17) is 14.9 Å². The molecule has 2 rings (SSSR count). The van der Waals surface area contributed by atoms with E-state index in [1.54, 1.807) is 0 Å². The molecule has 0 saturated heterocycles. The lowest BCUT2D eigenvalue weighted by Gasteiger charge is -1.98. The van der Waals surface area contributed by atoms with Crippen LogP contribution in [0, 0.1) is 0 Å². The highest BCUT2D eigenvalue weighted by atomic mass is 32.2. The first-order valence-corrected chi connectivity index (χ1v) is 6.54. The predicted octanol–water partition coefficient (Wildman–Crippen LogP) is 0.0852. The van der Waals surface area contributed by atoms with Gasteiger partial charge in [0.1, 0.15) is 5.82 Å². The minimum Gasteiger partial charge on any atom is -0.457 e. The molecule has 0 aliphatic carbocycles.